The molecule has 0 spiro atoms. The van der Waals surface area contributed by atoms with Crippen LogP contribution in [0.15, 0.2) is 63.6 Å². The molecule has 1 heterocycles. The third kappa shape index (κ3) is 8.93. The lowest BCUT2D eigenvalue weighted by atomic mass is 9.97. The number of allylic oxidation sites excluding steroid dienone is 4. The maximum Gasteiger partial charge on any atom is 0.323 e. The lowest BCUT2D eigenvalue weighted by Crippen LogP contribution is -2.30. The third-order valence-corrected chi connectivity index (χ3v) is 5.99. The van der Waals surface area contributed by atoms with Crippen LogP contribution in [0.5, 0.6) is 0 Å². The number of urea groups is 2. The zero-order valence-electron chi connectivity index (χ0n) is 21.0. The van der Waals surface area contributed by atoms with Crippen molar-refractivity contribution in [3.05, 3.63) is 69.9 Å². The quantitative estimate of drug-likeness (QED) is 0.0503. The van der Waals surface area contributed by atoms with Crippen LogP contribution in [0.3, 0.4) is 0 Å². The fraction of sp³-hybridized carbons (Fsp3) is 0.261. The van der Waals surface area contributed by atoms with Gasteiger partial charge in [-0.25, -0.2) is 9.59 Å². The van der Waals surface area contributed by atoms with Crippen LogP contribution in [-0.4, -0.2) is 41.6 Å². The SMILES string of the molecule is [N-]=[N+]=NCOC(=O)CCCNC(=O)Nc1snc(C2=CC=C(NC(=O)Nc3ccccc3)CC2)c1C(=O)N=NN. The predicted molar refractivity (Wildman–Crippen MR) is 146 cm³/mol. The summed E-state index contributed by atoms with van der Waals surface area (Å²) in [5.41, 5.74) is 10.5. The lowest BCUT2D eigenvalue weighted by Gasteiger charge is -2.16. The molecule has 0 bridgehead atoms. The second-order valence-electron chi connectivity index (χ2n) is 7.95. The van der Waals surface area contributed by atoms with Crippen molar-refractivity contribution in [2.75, 3.05) is 23.9 Å². The Balaban J connectivity index is 1.62. The molecule has 1 aliphatic rings. The Morgan fingerprint density at radius 1 is 1.07 bits per heavy atom. The molecule has 0 fully saturated rings. The molecule has 3 rings (SSSR count). The van der Waals surface area contributed by atoms with E-state index < -0.39 is 24.6 Å². The number of aromatic nitrogens is 1. The number of carbonyl (C=O) groups excluding carboxylic acids is 4. The summed E-state index contributed by atoms with van der Waals surface area (Å²) in [5.74, 6) is 3.70. The summed E-state index contributed by atoms with van der Waals surface area (Å²) in [4.78, 5) is 51.3. The zero-order valence-corrected chi connectivity index (χ0v) is 21.8. The standard InChI is InChI=1S/C23H25N11O5S/c24-33-27-13-39-17(35)7-4-12-26-22(37)30-21-18(20(36)31-34-25)19(32-40-21)14-8-10-16(11-9-14)29-23(38)28-15-5-2-1-3-6-15/h1-3,5-6,8,10H,4,7,9,11-13H2,(H2,25,31,36)(H2,26,30,37)(H2,28,29,38). The van der Waals surface area contributed by atoms with E-state index in [0.29, 0.717) is 35.5 Å². The van der Waals surface area contributed by atoms with E-state index in [1.165, 1.54) is 0 Å². The number of ether oxygens (including phenoxy) is 1. The van der Waals surface area contributed by atoms with Gasteiger partial charge in [0.1, 0.15) is 10.6 Å². The molecule has 17 heteroatoms. The molecule has 5 amide bonds. The molecule has 1 aromatic heterocycles. The molecule has 2 aromatic rings. The van der Waals surface area contributed by atoms with Gasteiger partial charge in [0, 0.05) is 29.3 Å². The first-order valence-electron chi connectivity index (χ1n) is 11.8. The van der Waals surface area contributed by atoms with Crippen molar-refractivity contribution in [2.24, 2.45) is 21.3 Å². The van der Waals surface area contributed by atoms with Gasteiger partial charge in [0.15, 0.2) is 6.73 Å². The van der Waals surface area contributed by atoms with E-state index in [1.807, 2.05) is 18.2 Å². The summed E-state index contributed by atoms with van der Waals surface area (Å²) >= 11 is 0.880. The highest BCUT2D eigenvalue weighted by Crippen LogP contribution is 2.34. The highest BCUT2D eigenvalue weighted by Gasteiger charge is 2.25. The van der Waals surface area contributed by atoms with Crippen LogP contribution in [-0.2, 0) is 9.53 Å². The zero-order chi connectivity index (χ0) is 28.7. The minimum atomic E-state index is -0.791. The molecule has 40 heavy (non-hydrogen) atoms. The number of benzene rings is 1. The first-order chi connectivity index (χ1) is 19.4. The van der Waals surface area contributed by atoms with E-state index in [4.69, 9.17) is 11.4 Å². The van der Waals surface area contributed by atoms with Crippen molar-refractivity contribution >= 4 is 51.7 Å². The number of nitrogens with one attached hydrogen (secondary N) is 4. The molecule has 1 aromatic carbocycles. The van der Waals surface area contributed by atoms with Crippen LogP contribution >= 0.6 is 11.5 Å². The number of rotatable bonds is 11. The second kappa shape index (κ2) is 15.2. The first-order valence-corrected chi connectivity index (χ1v) is 12.6. The average Bonchev–Trinajstić information content (AvgIpc) is 3.35. The number of amides is 5. The van der Waals surface area contributed by atoms with Gasteiger partial charge >= 0.3 is 23.9 Å². The predicted octanol–water partition coefficient (Wildman–Crippen LogP) is 4.20. The van der Waals surface area contributed by atoms with E-state index >= 15 is 0 Å². The van der Waals surface area contributed by atoms with Crippen molar-refractivity contribution < 1.29 is 23.9 Å². The average molecular weight is 568 g/mol. The van der Waals surface area contributed by atoms with Crippen molar-refractivity contribution in [1.29, 1.82) is 0 Å². The molecule has 6 N–H and O–H groups in total. The van der Waals surface area contributed by atoms with Crippen molar-refractivity contribution in [1.82, 2.24) is 15.0 Å². The van der Waals surface area contributed by atoms with Crippen LogP contribution in [0.2, 0.25) is 0 Å². The number of nitrogens with zero attached hydrogens (tertiary/aromatic N) is 6. The second-order valence-corrected chi connectivity index (χ2v) is 8.72. The lowest BCUT2D eigenvalue weighted by molar-refractivity contribution is -0.143. The normalized spacial score (nSPS) is 12.4. The first kappa shape index (κ1) is 29.3. The van der Waals surface area contributed by atoms with Gasteiger partial charge in [-0.05, 0) is 60.1 Å². The third-order valence-electron chi connectivity index (χ3n) is 5.23. The van der Waals surface area contributed by atoms with Gasteiger partial charge in [-0.15, -0.1) is 0 Å². The monoisotopic (exact) mass is 567 g/mol. The Morgan fingerprint density at radius 2 is 1.88 bits per heavy atom. The molecule has 0 unspecified atom stereocenters. The number of hydrogen-bond acceptors (Lipinski definition) is 9. The summed E-state index contributed by atoms with van der Waals surface area (Å²) in [6, 6.07) is 7.98. The summed E-state index contributed by atoms with van der Waals surface area (Å²) in [5, 5.41) is 20.3. The van der Waals surface area contributed by atoms with Gasteiger partial charge in [-0.1, -0.05) is 39.7 Å². The van der Waals surface area contributed by atoms with Crippen LogP contribution < -0.4 is 27.1 Å². The van der Waals surface area contributed by atoms with Crippen LogP contribution in [0.1, 0.15) is 41.7 Å². The van der Waals surface area contributed by atoms with E-state index in [9.17, 15) is 19.2 Å². The maximum absolute atomic E-state index is 12.7. The Kier molecular flexibility index (Phi) is 11.1. The van der Waals surface area contributed by atoms with Crippen LogP contribution in [0.4, 0.5) is 20.3 Å². The van der Waals surface area contributed by atoms with E-state index in [0.717, 1.165) is 11.5 Å². The molecule has 0 atom stereocenters. The highest BCUT2D eigenvalue weighted by atomic mass is 32.1. The number of nitrogens with two attached hydrogens (primary N) is 1. The molecule has 0 saturated carbocycles. The van der Waals surface area contributed by atoms with Crippen molar-refractivity contribution in [3.8, 4) is 0 Å². The number of esters is 1. The number of anilines is 2. The summed E-state index contributed by atoms with van der Waals surface area (Å²) in [6.45, 7) is -0.273. The molecule has 1 aliphatic carbocycles. The molecule has 208 valence electrons. The topological polar surface area (TPSA) is 238 Å². The van der Waals surface area contributed by atoms with Crippen LogP contribution in [0, 0.1) is 0 Å². The number of carbonyl (C=O) groups is 4. The maximum atomic E-state index is 12.7. The smallest absolute Gasteiger partial charge is 0.323 e. The number of para-hydroxylation sites is 1. The van der Waals surface area contributed by atoms with E-state index in [1.54, 1.807) is 24.3 Å². The minimum Gasteiger partial charge on any atom is -0.460 e. The minimum absolute atomic E-state index is 0.00100. The Bertz CT molecular complexity index is 1380. The Morgan fingerprint density at radius 3 is 2.58 bits per heavy atom. The fourth-order valence-electron chi connectivity index (χ4n) is 3.44. The molecule has 0 saturated heterocycles. The van der Waals surface area contributed by atoms with Gasteiger partial charge in [-0.3, -0.25) is 14.9 Å². The van der Waals surface area contributed by atoms with Gasteiger partial charge in [-0.2, -0.15) is 4.37 Å². The summed E-state index contributed by atoms with van der Waals surface area (Å²) in [6.07, 6.45) is 4.60. The van der Waals surface area contributed by atoms with Crippen LogP contribution in [0.25, 0.3) is 16.0 Å². The molecular weight excluding hydrogens is 542 g/mol. The molecule has 16 nitrogen and oxygen atoms in total. The Labute approximate surface area is 231 Å². The van der Waals surface area contributed by atoms with Gasteiger partial charge in [0.05, 0.1) is 5.69 Å². The molecule has 0 aliphatic heterocycles. The van der Waals surface area contributed by atoms with Gasteiger partial charge in [0.25, 0.3) is 0 Å². The Hall–Kier alpha value is -5.28. The summed E-state index contributed by atoms with van der Waals surface area (Å²) < 4.78 is 9.00. The van der Waals surface area contributed by atoms with Gasteiger partial charge in [0.2, 0.25) is 0 Å². The fourth-order valence-corrected chi connectivity index (χ4v) is 4.25. The number of azide groups is 1. The summed E-state index contributed by atoms with van der Waals surface area (Å²) in [7, 11) is 0. The van der Waals surface area contributed by atoms with Crippen molar-refractivity contribution in [3.63, 3.8) is 0 Å². The molecular formula is C23H25N11O5S. The van der Waals surface area contributed by atoms with E-state index in [-0.39, 0.29) is 36.0 Å². The molecule has 0 radical (unpaired) electrons. The van der Waals surface area contributed by atoms with Crippen molar-refractivity contribution in [2.45, 2.75) is 25.7 Å². The van der Waals surface area contributed by atoms with E-state index in [2.05, 4.69) is 50.7 Å². The highest BCUT2D eigenvalue weighted by molar-refractivity contribution is 7.11. The largest absolute Gasteiger partial charge is 0.460 e. The number of hydrogen-bond donors (Lipinski definition) is 5. The van der Waals surface area contributed by atoms with Gasteiger partial charge < -0.3 is 26.5 Å².